The highest BCUT2D eigenvalue weighted by Crippen LogP contribution is 2.35. The maximum absolute atomic E-state index is 10.0. The summed E-state index contributed by atoms with van der Waals surface area (Å²) in [5.41, 5.74) is 0.939. The minimum atomic E-state index is -0.350. The third kappa shape index (κ3) is 2.56. The van der Waals surface area contributed by atoms with Crippen LogP contribution in [0, 0.1) is 0 Å². The van der Waals surface area contributed by atoms with Crippen LogP contribution in [-0.2, 0) is 0 Å². The molecule has 2 atom stereocenters. The Bertz CT molecular complexity index is 335. The summed E-state index contributed by atoms with van der Waals surface area (Å²) in [6.07, 6.45) is 5.30. The number of aliphatic hydroxyl groups excluding tert-OH is 1. The SMILES string of the molecule is CCCCCC1CC(O)c2ccccc2O1. The van der Waals surface area contributed by atoms with E-state index < -0.39 is 0 Å². The van der Waals surface area contributed by atoms with Crippen molar-refractivity contribution in [3.63, 3.8) is 0 Å². The second-order valence-electron chi connectivity index (χ2n) is 4.52. The number of aliphatic hydroxyl groups is 1. The number of benzene rings is 1. The monoisotopic (exact) mass is 220 g/mol. The zero-order valence-corrected chi connectivity index (χ0v) is 9.86. The van der Waals surface area contributed by atoms with Gasteiger partial charge in [-0.3, -0.25) is 0 Å². The van der Waals surface area contributed by atoms with E-state index in [1.807, 2.05) is 24.3 Å². The third-order valence-electron chi connectivity index (χ3n) is 3.19. The molecule has 0 aromatic heterocycles. The lowest BCUT2D eigenvalue weighted by atomic mass is 9.96. The number of para-hydroxylation sites is 1. The topological polar surface area (TPSA) is 29.5 Å². The second-order valence-corrected chi connectivity index (χ2v) is 4.52. The first-order valence-corrected chi connectivity index (χ1v) is 6.25. The van der Waals surface area contributed by atoms with Crippen molar-refractivity contribution in [2.24, 2.45) is 0 Å². The Kier molecular flexibility index (Phi) is 3.83. The summed E-state index contributed by atoms with van der Waals surface area (Å²) in [4.78, 5) is 0. The van der Waals surface area contributed by atoms with E-state index in [4.69, 9.17) is 4.74 Å². The lowest BCUT2D eigenvalue weighted by Crippen LogP contribution is -2.25. The van der Waals surface area contributed by atoms with Crippen LogP contribution in [0.4, 0.5) is 0 Å². The first kappa shape index (κ1) is 11.5. The molecule has 0 saturated carbocycles. The molecule has 88 valence electrons. The van der Waals surface area contributed by atoms with Gasteiger partial charge in [-0.2, -0.15) is 0 Å². The smallest absolute Gasteiger partial charge is 0.125 e. The highest BCUT2D eigenvalue weighted by Gasteiger charge is 2.25. The fraction of sp³-hybridized carbons (Fsp3) is 0.571. The van der Waals surface area contributed by atoms with E-state index in [-0.39, 0.29) is 12.2 Å². The van der Waals surface area contributed by atoms with E-state index in [0.717, 1.165) is 24.2 Å². The van der Waals surface area contributed by atoms with Crippen LogP contribution in [-0.4, -0.2) is 11.2 Å². The molecule has 1 N–H and O–H groups in total. The molecular weight excluding hydrogens is 200 g/mol. The Morgan fingerprint density at radius 2 is 2.12 bits per heavy atom. The van der Waals surface area contributed by atoms with Crippen molar-refractivity contribution in [1.82, 2.24) is 0 Å². The molecule has 2 unspecified atom stereocenters. The van der Waals surface area contributed by atoms with Gasteiger partial charge in [0.15, 0.2) is 0 Å². The molecule has 0 fully saturated rings. The van der Waals surface area contributed by atoms with Gasteiger partial charge in [-0.15, -0.1) is 0 Å². The van der Waals surface area contributed by atoms with Crippen molar-refractivity contribution in [3.8, 4) is 5.75 Å². The Labute approximate surface area is 97.3 Å². The number of unbranched alkanes of at least 4 members (excludes halogenated alkanes) is 2. The Morgan fingerprint density at radius 1 is 1.31 bits per heavy atom. The average Bonchev–Trinajstić information content (AvgIpc) is 2.30. The third-order valence-corrected chi connectivity index (χ3v) is 3.19. The Morgan fingerprint density at radius 3 is 2.94 bits per heavy atom. The van der Waals surface area contributed by atoms with E-state index in [9.17, 15) is 5.11 Å². The van der Waals surface area contributed by atoms with Crippen molar-refractivity contribution < 1.29 is 9.84 Å². The number of rotatable bonds is 4. The molecule has 1 aliphatic heterocycles. The van der Waals surface area contributed by atoms with Gasteiger partial charge in [0.2, 0.25) is 0 Å². The largest absolute Gasteiger partial charge is 0.490 e. The van der Waals surface area contributed by atoms with Crippen molar-refractivity contribution >= 4 is 0 Å². The molecule has 1 aliphatic rings. The minimum absolute atomic E-state index is 0.191. The summed E-state index contributed by atoms with van der Waals surface area (Å²) in [5, 5.41) is 10.0. The van der Waals surface area contributed by atoms with Crippen LogP contribution in [0.2, 0.25) is 0 Å². The van der Waals surface area contributed by atoms with Gasteiger partial charge in [-0.05, 0) is 18.9 Å². The maximum atomic E-state index is 10.0. The van der Waals surface area contributed by atoms with E-state index in [0.29, 0.717) is 0 Å². The molecule has 0 bridgehead atoms. The molecule has 2 nitrogen and oxygen atoms in total. The van der Waals surface area contributed by atoms with Gasteiger partial charge >= 0.3 is 0 Å². The standard InChI is InChI=1S/C14H20O2/c1-2-3-4-7-11-10-13(15)12-8-5-6-9-14(12)16-11/h5-6,8-9,11,13,15H,2-4,7,10H2,1H3. The van der Waals surface area contributed by atoms with Crippen LogP contribution in [0.15, 0.2) is 24.3 Å². The van der Waals surface area contributed by atoms with Crippen LogP contribution in [0.5, 0.6) is 5.75 Å². The summed E-state index contributed by atoms with van der Waals surface area (Å²) in [6, 6.07) is 7.80. The zero-order chi connectivity index (χ0) is 11.4. The van der Waals surface area contributed by atoms with Crippen molar-refractivity contribution in [1.29, 1.82) is 0 Å². The molecule has 0 radical (unpaired) electrons. The molecule has 2 rings (SSSR count). The van der Waals surface area contributed by atoms with Gasteiger partial charge in [0.05, 0.1) is 6.10 Å². The van der Waals surface area contributed by atoms with E-state index in [1.165, 1.54) is 19.3 Å². The maximum Gasteiger partial charge on any atom is 0.125 e. The second kappa shape index (κ2) is 5.35. The first-order valence-electron chi connectivity index (χ1n) is 6.25. The zero-order valence-electron chi connectivity index (χ0n) is 9.86. The average molecular weight is 220 g/mol. The normalized spacial score (nSPS) is 23.6. The number of hydrogen-bond donors (Lipinski definition) is 1. The summed E-state index contributed by atoms with van der Waals surface area (Å²) in [6.45, 7) is 2.20. The molecule has 0 saturated heterocycles. The van der Waals surface area contributed by atoms with Crippen LogP contribution in [0.3, 0.4) is 0 Å². The van der Waals surface area contributed by atoms with Crippen molar-refractivity contribution in [2.45, 2.75) is 51.2 Å². The summed E-state index contributed by atoms with van der Waals surface area (Å²) in [5.74, 6) is 0.864. The molecule has 0 aliphatic carbocycles. The predicted octanol–water partition coefficient (Wildman–Crippen LogP) is 3.45. The van der Waals surface area contributed by atoms with Crippen LogP contribution in [0.25, 0.3) is 0 Å². The van der Waals surface area contributed by atoms with Crippen molar-refractivity contribution in [3.05, 3.63) is 29.8 Å². The molecular formula is C14H20O2. The molecule has 1 aromatic carbocycles. The summed E-state index contributed by atoms with van der Waals surface area (Å²) in [7, 11) is 0. The van der Waals surface area contributed by atoms with E-state index in [2.05, 4.69) is 6.92 Å². The molecule has 0 spiro atoms. The quantitative estimate of drug-likeness (QED) is 0.787. The van der Waals surface area contributed by atoms with Gasteiger partial charge in [-0.1, -0.05) is 38.0 Å². The summed E-state index contributed by atoms with van der Waals surface area (Å²) < 4.78 is 5.89. The minimum Gasteiger partial charge on any atom is -0.490 e. The highest BCUT2D eigenvalue weighted by molar-refractivity contribution is 5.36. The van der Waals surface area contributed by atoms with Gasteiger partial charge in [0.1, 0.15) is 11.9 Å². The molecule has 2 heteroatoms. The van der Waals surface area contributed by atoms with Crippen LogP contribution < -0.4 is 4.74 Å². The van der Waals surface area contributed by atoms with Crippen molar-refractivity contribution in [2.75, 3.05) is 0 Å². The van der Waals surface area contributed by atoms with E-state index >= 15 is 0 Å². The van der Waals surface area contributed by atoms with Crippen LogP contribution >= 0.6 is 0 Å². The fourth-order valence-corrected chi connectivity index (χ4v) is 2.27. The van der Waals surface area contributed by atoms with Gasteiger partial charge in [0.25, 0.3) is 0 Å². The van der Waals surface area contributed by atoms with Gasteiger partial charge < -0.3 is 9.84 Å². The fourth-order valence-electron chi connectivity index (χ4n) is 2.27. The number of ether oxygens (including phenoxy) is 1. The first-order chi connectivity index (χ1) is 7.81. The Hall–Kier alpha value is -1.02. The predicted molar refractivity (Wildman–Crippen MR) is 64.6 cm³/mol. The summed E-state index contributed by atoms with van der Waals surface area (Å²) >= 11 is 0. The molecule has 1 aromatic rings. The molecule has 16 heavy (non-hydrogen) atoms. The van der Waals surface area contributed by atoms with Gasteiger partial charge in [0, 0.05) is 12.0 Å². The highest BCUT2D eigenvalue weighted by atomic mass is 16.5. The van der Waals surface area contributed by atoms with Gasteiger partial charge in [-0.25, -0.2) is 0 Å². The number of hydrogen-bond acceptors (Lipinski definition) is 2. The number of fused-ring (bicyclic) bond motifs is 1. The molecule has 1 heterocycles. The molecule has 0 amide bonds. The lowest BCUT2D eigenvalue weighted by molar-refractivity contribution is 0.0605. The lowest BCUT2D eigenvalue weighted by Gasteiger charge is -2.29. The van der Waals surface area contributed by atoms with E-state index in [1.54, 1.807) is 0 Å². The van der Waals surface area contributed by atoms with Crippen LogP contribution in [0.1, 0.15) is 50.7 Å². The Balaban J connectivity index is 1.98.